The van der Waals surface area contributed by atoms with Crippen LogP contribution in [-0.4, -0.2) is 20.0 Å². The molecular formula is C10H9FN2O3. The average Bonchev–Trinajstić information content (AvgIpc) is 2.55. The van der Waals surface area contributed by atoms with E-state index in [0.717, 1.165) is 4.68 Å². The first-order valence-electron chi connectivity index (χ1n) is 4.53. The molecule has 0 amide bonds. The molecule has 1 aromatic carbocycles. The number of benzene rings is 1. The Hall–Kier alpha value is -2.08. The van der Waals surface area contributed by atoms with Gasteiger partial charge in [-0.15, -0.1) is 0 Å². The van der Waals surface area contributed by atoms with Crippen LogP contribution in [0.25, 0.3) is 5.69 Å². The molecule has 0 spiro atoms. The van der Waals surface area contributed by atoms with Crippen LogP contribution in [0.5, 0.6) is 5.88 Å². The Morgan fingerprint density at radius 3 is 2.44 bits per heavy atom. The Morgan fingerprint density at radius 2 is 1.94 bits per heavy atom. The Morgan fingerprint density at radius 1 is 1.31 bits per heavy atom. The molecule has 0 aliphatic carbocycles. The number of hydrogen-bond donors (Lipinski definition) is 3. The van der Waals surface area contributed by atoms with Crippen LogP contribution in [0.2, 0.25) is 0 Å². The van der Waals surface area contributed by atoms with Crippen molar-refractivity contribution in [3.05, 3.63) is 46.0 Å². The number of aromatic amines is 1. The normalized spacial score (nSPS) is 10.6. The second-order valence-electron chi connectivity index (χ2n) is 3.21. The third kappa shape index (κ3) is 1.59. The zero-order chi connectivity index (χ0) is 11.7. The maximum atomic E-state index is 12.7. The monoisotopic (exact) mass is 224 g/mol. The summed E-state index contributed by atoms with van der Waals surface area (Å²) in [6, 6.07) is 5.19. The number of aromatic nitrogens is 2. The van der Waals surface area contributed by atoms with E-state index in [9.17, 15) is 14.3 Å². The van der Waals surface area contributed by atoms with Gasteiger partial charge in [0, 0.05) is 0 Å². The third-order valence-electron chi connectivity index (χ3n) is 2.21. The summed E-state index contributed by atoms with van der Waals surface area (Å²) in [6.07, 6.45) is 0. The van der Waals surface area contributed by atoms with E-state index in [0.29, 0.717) is 5.69 Å². The average molecular weight is 224 g/mol. The van der Waals surface area contributed by atoms with E-state index in [1.807, 2.05) is 0 Å². The van der Waals surface area contributed by atoms with Crippen LogP contribution in [0.3, 0.4) is 0 Å². The zero-order valence-corrected chi connectivity index (χ0v) is 8.14. The highest BCUT2D eigenvalue weighted by molar-refractivity contribution is 5.37. The molecule has 0 radical (unpaired) electrons. The molecule has 0 saturated heterocycles. The van der Waals surface area contributed by atoms with Crippen LogP contribution in [0, 0.1) is 5.82 Å². The van der Waals surface area contributed by atoms with Crippen molar-refractivity contribution in [2.45, 2.75) is 6.61 Å². The lowest BCUT2D eigenvalue weighted by Gasteiger charge is -2.03. The quantitative estimate of drug-likeness (QED) is 0.695. The molecule has 0 aliphatic rings. The van der Waals surface area contributed by atoms with E-state index in [1.54, 1.807) is 0 Å². The maximum absolute atomic E-state index is 12.7. The molecule has 0 unspecified atom stereocenters. The highest BCUT2D eigenvalue weighted by atomic mass is 19.1. The summed E-state index contributed by atoms with van der Waals surface area (Å²) >= 11 is 0. The summed E-state index contributed by atoms with van der Waals surface area (Å²) in [5, 5.41) is 20.8. The molecule has 2 rings (SSSR count). The van der Waals surface area contributed by atoms with Gasteiger partial charge in [-0.05, 0) is 24.3 Å². The molecule has 2 aromatic rings. The van der Waals surface area contributed by atoms with Crippen LogP contribution in [0.1, 0.15) is 5.56 Å². The van der Waals surface area contributed by atoms with Crippen LogP contribution in [0.15, 0.2) is 29.1 Å². The van der Waals surface area contributed by atoms with Crippen molar-refractivity contribution in [1.82, 2.24) is 9.78 Å². The largest absolute Gasteiger partial charge is 0.493 e. The minimum absolute atomic E-state index is 0.121. The van der Waals surface area contributed by atoms with E-state index in [-0.39, 0.29) is 11.4 Å². The molecule has 0 bridgehead atoms. The van der Waals surface area contributed by atoms with Gasteiger partial charge in [-0.3, -0.25) is 9.89 Å². The minimum atomic E-state index is -0.579. The smallest absolute Gasteiger partial charge is 0.273 e. The van der Waals surface area contributed by atoms with Gasteiger partial charge in [0.25, 0.3) is 5.56 Å². The van der Waals surface area contributed by atoms with E-state index in [2.05, 4.69) is 5.10 Å². The van der Waals surface area contributed by atoms with Crippen LogP contribution in [0.4, 0.5) is 4.39 Å². The van der Waals surface area contributed by atoms with Gasteiger partial charge in [0.1, 0.15) is 11.4 Å². The number of nitrogens with zero attached hydrogens (tertiary/aromatic N) is 1. The van der Waals surface area contributed by atoms with Crippen molar-refractivity contribution in [1.29, 1.82) is 0 Å². The summed E-state index contributed by atoms with van der Waals surface area (Å²) in [7, 11) is 0. The van der Waals surface area contributed by atoms with Crippen LogP contribution in [-0.2, 0) is 6.61 Å². The van der Waals surface area contributed by atoms with Crippen molar-refractivity contribution < 1.29 is 14.6 Å². The van der Waals surface area contributed by atoms with Crippen molar-refractivity contribution in [3.63, 3.8) is 0 Å². The molecule has 6 heteroatoms. The molecule has 16 heavy (non-hydrogen) atoms. The molecule has 3 N–H and O–H groups in total. The van der Waals surface area contributed by atoms with E-state index in [1.165, 1.54) is 24.3 Å². The van der Waals surface area contributed by atoms with Gasteiger partial charge >= 0.3 is 0 Å². The van der Waals surface area contributed by atoms with Gasteiger partial charge in [0.05, 0.1) is 12.3 Å². The van der Waals surface area contributed by atoms with Gasteiger partial charge in [0.15, 0.2) is 0 Å². The molecule has 0 fully saturated rings. The fourth-order valence-electron chi connectivity index (χ4n) is 1.38. The highest BCUT2D eigenvalue weighted by Gasteiger charge is 2.13. The number of aliphatic hydroxyl groups is 1. The summed E-state index contributed by atoms with van der Waals surface area (Å²) in [6.45, 7) is -0.560. The summed E-state index contributed by atoms with van der Waals surface area (Å²) in [4.78, 5) is 11.3. The minimum Gasteiger partial charge on any atom is -0.493 e. The zero-order valence-electron chi connectivity index (χ0n) is 8.14. The van der Waals surface area contributed by atoms with E-state index >= 15 is 0 Å². The van der Waals surface area contributed by atoms with Crippen molar-refractivity contribution in [2.75, 3.05) is 0 Å². The first-order chi connectivity index (χ1) is 7.63. The SMILES string of the molecule is O=c1[nH]n(-c2ccc(F)cc2)c(O)c1CO. The number of halogens is 1. The van der Waals surface area contributed by atoms with Crippen LogP contribution < -0.4 is 5.56 Å². The summed E-state index contributed by atoms with van der Waals surface area (Å²) < 4.78 is 13.7. The Labute approximate surface area is 89.4 Å². The maximum Gasteiger partial charge on any atom is 0.273 e. The predicted molar refractivity (Wildman–Crippen MR) is 53.9 cm³/mol. The standard InChI is InChI=1S/C10H9FN2O3/c11-6-1-3-7(4-2-6)13-10(16)8(5-14)9(15)12-13/h1-4,14,16H,5H2,(H,12,15). The van der Waals surface area contributed by atoms with Crippen LogP contribution >= 0.6 is 0 Å². The fourth-order valence-corrected chi connectivity index (χ4v) is 1.38. The second-order valence-corrected chi connectivity index (χ2v) is 3.21. The number of hydrogen-bond acceptors (Lipinski definition) is 3. The molecule has 0 atom stereocenters. The van der Waals surface area contributed by atoms with Gasteiger partial charge in [-0.25, -0.2) is 9.07 Å². The number of aromatic hydroxyl groups is 1. The van der Waals surface area contributed by atoms with Gasteiger partial charge in [0.2, 0.25) is 5.88 Å². The molecular weight excluding hydrogens is 215 g/mol. The summed E-state index contributed by atoms with van der Waals surface area (Å²) in [5.41, 5.74) is -0.302. The molecule has 1 aromatic heterocycles. The lowest BCUT2D eigenvalue weighted by molar-refractivity contribution is 0.273. The molecule has 0 saturated carbocycles. The Bertz CT molecular complexity index is 556. The first-order valence-corrected chi connectivity index (χ1v) is 4.53. The molecule has 5 nitrogen and oxygen atoms in total. The number of H-pyrrole nitrogens is 1. The van der Waals surface area contributed by atoms with Gasteiger partial charge < -0.3 is 10.2 Å². The first kappa shape index (κ1) is 10.4. The third-order valence-corrected chi connectivity index (χ3v) is 2.21. The lowest BCUT2D eigenvalue weighted by atomic mass is 10.3. The van der Waals surface area contributed by atoms with Crippen molar-refractivity contribution >= 4 is 0 Å². The Kier molecular flexibility index (Phi) is 2.49. The summed E-state index contributed by atoms with van der Waals surface area (Å²) in [5.74, 6) is -0.792. The van der Waals surface area contributed by atoms with Gasteiger partial charge in [-0.1, -0.05) is 0 Å². The molecule has 1 heterocycles. The fraction of sp³-hybridized carbons (Fsp3) is 0.100. The molecule has 84 valence electrons. The van der Waals surface area contributed by atoms with Gasteiger partial charge in [-0.2, -0.15) is 0 Å². The van der Waals surface area contributed by atoms with Crippen molar-refractivity contribution in [3.8, 4) is 11.6 Å². The molecule has 0 aliphatic heterocycles. The number of rotatable bonds is 2. The predicted octanol–water partition coefficient (Wildman–Crippen LogP) is 0.503. The topological polar surface area (TPSA) is 78.2 Å². The van der Waals surface area contributed by atoms with E-state index in [4.69, 9.17) is 5.11 Å². The second kappa shape index (κ2) is 3.82. The Balaban J connectivity index is 2.56. The number of nitrogens with one attached hydrogen (secondary N) is 1. The van der Waals surface area contributed by atoms with E-state index < -0.39 is 18.0 Å². The van der Waals surface area contributed by atoms with Crippen molar-refractivity contribution in [2.24, 2.45) is 0 Å². The lowest BCUT2D eigenvalue weighted by Crippen LogP contribution is -2.07. The number of aliphatic hydroxyl groups excluding tert-OH is 1. The highest BCUT2D eigenvalue weighted by Crippen LogP contribution is 2.18.